The van der Waals surface area contributed by atoms with E-state index in [4.69, 9.17) is 14.6 Å². The number of carboxylic acids is 1. The lowest BCUT2D eigenvalue weighted by Gasteiger charge is -2.30. The molecule has 8 nitrogen and oxygen atoms in total. The number of aliphatic carboxylic acids is 1. The number of piperazine rings is 1. The summed E-state index contributed by atoms with van der Waals surface area (Å²) >= 11 is 0. The summed E-state index contributed by atoms with van der Waals surface area (Å²) in [5.41, 5.74) is 1.80. The normalized spacial score (nSPS) is 18.3. The van der Waals surface area contributed by atoms with E-state index in [0.717, 1.165) is 51.2 Å². The molecule has 2 heterocycles. The van der Waals surface area contributed by atoms with Crippen LogP contribution in [0, 0.1) is 6.92 Å². The van der Waals surface area contributed by atoms with Crippen molar-refractivity contribution in [3.05, 3.63) is 35.4 Å². The van der Waals surface area contributed by atoms with Crippen LogP contribution in [0.4, 0.5) is 13.2 Å². The third-order valence-electron chi connectivity index (χ3n) is 5.34. The summed E-state index contributed by atoms with van der Waals surface area (Å²) in [6, 6.07) is 7.61. The van der Waals surface area contributed by atoms with Gasteiger partial charge in [-0.15, -0.1) is 0 Å². The standard InChI is InChI=1S/C20H29N3O3.C2HF3O2/c1-16-4-6-17(7-5-16)20(25)23(15-18-3-2-14-26-18)11-8-19(24)22-12-9-21-10-13-22;3-2(4,5)1(6)7/h4-7,18,21H,2-3,8-15H2,1H3;(H,6,7). The van der Waals surface area contributed by atoms with Crippen molar-refractivity contribution in [1.82, 2.24) is 15.1 Å². The highest BCUT2D eigenvalue weighted by atomic mass is 19.4. The van der Waals surface area contributed by atoms with Crippen LogP contribution in [0.15, 0.2) is 24.3 Å². The van der Waals surface area contributed by atoms with E-state index < -0.39 is 12.1 Å². The lowest BCUT2D eigenvalue weighted by molar-refractivity contribution is -0.192. The number of benzene rings is 1. The Morgan fingerprint density at radius 2 is 1.79 bits per heavy atom. The summed E-state index contributed by atoms with van der Waals surface area (Å²) in [6.07, 6.45) is -2.62. The Morgan fingerprint density at radius 1 is 1.18 bits per heavy atom. The van der Waals surface area contributed by atoms with Crippen LogP contribution in [0.5, 0.6) is 0 Å². The number of hydrogen-bond acceptors (Lipinski definition) is 5. The van der Waals surface area contributed by atoms with Crippen LogP contribution in [0.1, 0.15) is 35.2 Å². The van der Waals surface area contributed by atoms with Gasteiger partial charge in [-0.2, -0.15) is 13.2 Å². The lowest BCUT2D eigenvalue weighted by Crippen LogP contribution is -2.47. The van der Waals surface area contributed by atoms with Gasteiger partial charge in [0.15, 0.2) is 0 Å². The fourth-order valence-electron chi connectivity index (χ4n) is 3.49. The van der Waals surface area contributed by atoms with Gasteiger partial charge in [0.25, 0.3) is 5.91 Å². The molecule has 0 spiro atoms. The van der Waals surface area contributed by atoms with E-state index in [1.807, 2.05) is 36.1 Å². The number of rotatable bonds is 6. The molecule has 1 aromatic carbocycles. The number of nitrogens with zero attached hydrogens (tertiary/aromatic N) is 2. The van der Waals surface area contributed by atoms with E-state index in [2.05, 4.69) is 5.32 Å². The minimum absolute atomic E-state index is 0.0198. The summed E-state index contributed by atoms with van der Waals surface area (Å²) in [5, 5.41) is 10.4. The van der Waals surface area contributed by atoms with Gasteiger partial charge in [0.2, 0.25) is 5.91 Å². The number of carbonyl (C=O) groups excluding carboxylic acids is 2. The van der Waals surface area contributed by atoms with Gasteiger partial charge in [0.1, 0.15) is 0 Å². The van der Waals surface area contributed by atoms with E-state index in [0.29, 0.717) is 25.1 Å². The maximum atomic E-state index is 13.0. The van der Waals surface area contributed by atoms with E-state index in [1.54, 1.807) is 4.90 Å². The van der Waals surface area contributed by atoms with Gasteiger partial charge in [0, 0.05) is 57.9 Å². The van der Waals surface area contributed by atoms with Crippen LogP contribution in [0.25, 0.3) is 0 Å². The zero-order valence-corrected chi connectivity index (χ0v) is 18.6. The molecule has 0 aliphatic carbocycles. The molecule has 11 heteroatoms. The van der Waals surface area contributed by atoms with Crippen molar-refractivity contribution in [1.29, 1.82) is 0 Å². The number of nitrogens with one attached hydrogen (secondary N) is 1. The van der Waals surface area contributed by atoms with Gasteiger partial charge in [-0.05, 0) is 31.9 Å². The van der Waals surface area contributed by atoms with Crippen molar-refractivity contribution in [3.8, 4) is 0 Å². The van der Waals surface area contributed by atoms with Gasteiger partial charge in [-0.1, -0.05) is 17.7 Å². The topological polar surface area (TPSA) is 99.2 Å². The lowest BCUT2D eigenvalue weighted by atomic mass is 10.1. The Bertz CT molecular complexity index is 789. The van der Waals surface area contributed by atoms with Gasteiger partial charge in [-0.25, -0.2) is 4.79 Å². The molecule has 0 radical (unpaired) electrons. The van der Waals surface area contributed by atoms with Crippen LogP contribution in [-0.4, -0.2) is 90.8 Å². The van der Waals surface area contributed by atoms with E-state index >= 15 is 0 Å². The summed E-state index contributed by atoms with van der Waals surface area (Å²) in [6.45, 7) is 6.94. The Labute approximate surface area is 190 Å². The molecular formula is C22H30F3N3O5. The van der Waals surface area contributed by atoms with Crippen molar-refractivity contribution in [2.45, 2.75) is 38.5 Å². The highest BCUT2D eigenvalue weighted by molar-refractivity contribution is 5.94. The molecule has 0 aromatic heterocycles. The van der Waals surface area contributed by atoms with Crippen LogP contribution >= 0.6 is 0 Å². The minimum atomic E-state index is -5.08. The number of amides is 2. The number of ether oxygens (including phenoxy) is 1. The monoisotopic (exact) mass is 473 g/mol. The maximum Gasteiger partial charge on any atom is 0.490 e. The number of aryl methyl sites for hydroxylation is 1. The quantitative estimate of drug-likeness (QED) is 0.657. The van der Waals surface area contributed by atoms with Crippen molar-refractivity contribution >= 4 is 17.8 Å². The molecule has 0 saturated carbocycles. The molecule has 1 unspecified atom stereocenters. The van der Waals surface area contributed by atoms with Crippen LogP contribution in [0.3, 0.4) is 0 Å². The molecule has 3 rings (SSSR count). The summed E-state index contributed by atoms with van der Waals surface area (Å²) in [7, 11) is 0. The molecule has 2 saturated heterocycles. The smallest absolute Gasteiger partial charge is 0.475 e. The maximum absolute atomic E-state index is 13.0. The number of alkyl halides is 3. The average molecular weight is 473 g/mol. The second kappa shape index (κ2) is 12.5. The third kappa shape index (κ3) is 9.01. The molecule has 2 aliphatic rings. The molecular weight excluding hydrogens is 443 g/mol. The van der Waals surface area contributed by atoms with Gasteiger partial charge < -0.3 is 25.0 Å². The van der Waals surface area contributed by atoms with Gasteiger partial charge >= 0.3 is 12.1 Å². The molecule has 2 aliphatic heterocycles. The molecule has 2 N–H and O–H groups in total. The summed E-state index contributed by atoms with van der Waals surface area (Å²) in [4.78, 5) is 38.0. The second-order valence-electron chi connectivity index (χ2n) is 7.94. The molecule has 33 heavy (non-hydrogen) atoms. The molecule has 0 bridgehead atoms. The highest BCUT2D eigenvalue weighted by Gasteiger charge is 2.38. The molecule has 2 amide bonds. The third-order valence-corrected chi connectivity index (χ3v) is 5.34. The summed E-state index contributed by atoms with van der Waals surface area (Å²) in [5.74, 6) is -2.65. The zero-order valence-electron chi connectivity index (χ0n) is 18.6. The Balaban J connectivity index is 0.000000479. The second-order valence-corrected chi connectivity index (χ2v) is 7.94. The number of hydrogen-bond donors (Lipinski definition) is 2. The zero-order chi connectivity index (χ0) is 24.4. The highest BCUT2D eigenvalue weighted by Crippen LogP contribution is 2.16. The fourth-order valence-corrected chi connectivity index (χ4v) is 3.49. The van der Waals surface area contributed by atoms with E-state index in [9.17, 15) is 22.8 Å². The molecule has 1 atom stereocenters. The van der Waals surface area contributed by atoms with Crippen molar-refractivity contribution < 1.29 is 37.4 Å². The largest absolute Gasteiger partial charge is 0.490 e. The van der Waals surface area contributed by atoms with E-state index in [-0.39, 0.29) is 17.9 Å². The average Bonchev–Trinajstić information content (AvgIpc) is 3.30. The summed E-state index contributed by atoms with van der Waals surface area (Å²) < 4.78 is 37.5. The molecule has 2 fully saturated rings. The Kier molecular flexibility index (Phi) is 10.1. The predicted octanol–water partition coefficient (Wildman–Crippen LogP) is 2.07. The van der Waals surface area contributed by atoms with Crippen molar-refractivity contribution in [2.24, 2.45) is 0 Å². The van der Waals surface area contributed by atoms with E-state index in [1.165, 1.54) is 0 Å². The van der Waals surface area contributed by atoms with Crippen LogP contribution < -0.4 is 5.32 Å². The molecule has 1 aromatic rings. The Hall–Kier alpha value is -2.66. The first-order valence-corrected chi connectivity index (χ1v) is 10.8. The molecule has 184 valence electrons. The van der Waals surface area contributed by atoms with Crippen LogP contribution in [-0.2, 0) is 14.3 Å². The van der Waals surface area contributed by atoms with Gasteiger partial charge in [0.05, 0.1) is 6.10 Å². The minimum Gasteiger partial charge on any atom is -0.475 e. The number of carbonyl (C=O) groups is 3. The SMILES string of the molecule is Cc1ccc(C(=O)N(CCC(=O)N2CCNCC2)CC2CCCO2)cc1.O=C(O)C(F)(F)F. The van der Waals surface area contributed by atoms with Gasteiger partial charge in [-0.3, -0.25) is 9.59 Å². The number of carboxylic acid groups (broad SMARTS) is 1. The fraction of sp³-hybridized carbons (Fsp3) is 0.591. The van der Waals surface area contributed by atoms with Crippen molar-refractivity contribution in [2.75, 3.05) is 45.9 Å². The first-order valence-electron chi connectivity index (χ1n) is 10.8. The first kappa shape index (κ1) is 26.6. The van der Waals surface area contributed by atoms with Crippen molar-refractivity contribution in [3.63, 3.8) is 0 Å². The number of halogens is 3. The predicted molar refractivity (Wildman–Crippen MR) is 114 cm³/mol. The van der Waals surface area contributed by atoms with Crippen LogP contribution in [0.2, 0.25) is 0 Å². The Morgan fingerprint density at radius 3 is 2.30 bits per heavy atom. The first-order chi connectivity index (χ1) is 15.6.